The minimum Gasteiger partial charge on any atom is -0.465 e. The number of amides is 2. The number of carboxylic acid groups (broad SMARTS) is 1. The molecule has 0 fully saturated rings. The van der Waals surface area contributed by atoms with Crippen LogP contribution in [0.5, 0.6) is 0 Å². The molecule has 3 rings (SSSR count). The summed E-state index contributed by atoms with van der Waals surface area (Å²) in [6.07, 6.45) is 0.761. The number of aromatic nitrogens is 2. The topological polar surface area (TPSA) is 108 Å². The van der Waals surface area contributed by atoms with E-state index in [4.69, 9.17) is 5.11 Å². The van der Waals surface area contributed by atoms with E-state index in [1.807, 2.05) is 41.8 Å². The van der Waals surface area contributed by atoms with Crippen LogP contribution in [0, 0.1) is 0 Å². The molecular weight excluding hydrogens is 380 g/mol. The second-order valence-electron chi connectivity index (χ2n) is 6.22. The Hall–Kier alpha value is -3.17. The van der Waals surface area contributed by atoms with Crippen molar-refractivity contribution in [3.05, 3.63) is 64.5 Å². The summed E-state index contributed by atoms with van der Waals surface area (Å²) in [6.45, 7) is -0.0908. The Morgan fingerprint density at radius 2 is 2.04 bits per heavy atom. The minimum absolute atomic E-state index is 0.0908. The maximum atomic E-state index is 12.8. The molecule has 1 aromatic carbocycles. The number of hydrogen-bond acceptors (Lipinski definition) is 5. The van der Waals surface area contributed by atoms with Gasteiger partial charge in [-0.3, -0.25) is 14.7 Å². The lowest BCUT2D eigenvalue weighted by Gasteiger charge is -2.25. The number of aryl methyl sites for hydroxylation is 1. The van der Waals surface area contributed by atoms with Crippen LogP contribution in [0.1, 0.15) is 15.2 Å². The summed E-state index contributed by atoms with van der Waals surface area (Å²) in [7, 11) is 1.81. The molecule has 0 aliphatic carbocycles. The predicted octanol–water partition coefficient (Wildman–Crippen LogP) is 2.86. The minimum atomic E-state index is -1.21. The zero-order chi connectivity index (χ0) is 20.1. The monoisotopic (exact) mass is 400 g/mol. The van der Waals surface area contributed by atoms with Gasteiger partial charge in [-0.15, -0.1) is 11.3 Å². The molecule has 1 unspecified atom stereocenters. The number of rotatable bonds is 7. The zero-order valence-corrected chi connectivity index (χ0v) is 16.0. The highest BCUT2D eigenvalue weighted by Gasteiger charge is 2.26. The number of benzene rings is 1. The van der Waals surface area contributed by atoms with E-state index in [0.29, 0.717) is 16.4 Å². The molecule has 0 aliphatic heterocycles. The molecule has 3 aromatic rings. The van der Waals surface area contributed by atoms with E-state index in [9.17, 15) is 14.8 Å². The van der Waals surface area contributed by atoms with Crippen molar-refractivity contribution in [3.63, 3.8) is 0 Å². The quantitative estimate of drug-likeness (QED) is 0.418. The standard InChI is InChI=1S/C19H20N4O4S/c1-22-16(7-8-21-22)14-10-17(28-12-14)18(24)23(27)15(11-20-19(25)26)9-13-5-3-2-4-6-13/h2-8,10,12,15,20,27H,9,11H2,1H3,(H,25,26). The van der Waals surface area contributed by atoms with Gasteiger partial charge in [-0.25, -0.2) is 9.86 Å². The van der Waals surface area contributed by atoms with E-state index in [1.165, 1.54) is 11.3 Å². The van der Waals surface area contributed by atoms with Crippen molar-refractivity contribution < 1.29 is 19.9 Å². The van der Waals surface area contributed by atoms with Gasteiger partial charge in [0.1, 0.15) is 0 Å². The Labute approximate surface area is 165 Å². The molecule has 1 atom stereocenters. The summed E-state index contributed by atoms with van der Waals surface area (Å²) in [5.74, 6) is -0.577. The fraction of sp³-hybridized carbons (Fsp3) is 0.211. The molecule has 0 saturated heterocycles. The number of hydroxylamine groups is 2. The molecular formula is C19H20N4O4S. The van der Waals surface area contributed by atoms with Crippen LogP contribution in [-0.4, -0.2) is 49.7 Å². The second-order valence-corrected chi connectivity index (χ2v) is 7.13. The van der Waals surface area contributed by atoms with Crippen molar-refractivity contribution >= 4 is 23.3 Å². The average molecular weight is 400 g/mol. The van der Waals surface area contributed by atoms with Crippen LogP contribution < -0.4 is 5.32 Å². The third kappa shape index (κ3) is 4.56. The largest absolute Gasteiger partial charge is 0.465 e. The van der Waals surface area contributed by atoms with Crippen molar-refractivity contribution in [2.45, 2.75) is 12.5 Å². The lowest BCUT2D eigenvalue weighted by atomic mass is 10.1. The van der Waals surface area contributed by atoms with Crippen molar-refractivity contribution in [2.24, 2.45) is 7.05 Å². The van der Waals surface area contributed by atoms with E-state index < -0.39 is 18.0 Å². The number of nitrogens with one attached hydrogen (secondary N) is 1. The van der Waals surface area contributed by atoms with Gasteiger partial charge in [0.15, 0.2) is 0 Å². The van der Waals surface area contributed by atoms with Gasteiger partial charge in [0, 0.05) is 30.7 Å². The van der Waals surface area contributed by atoms with Gasteiger partial charge < -0.3 is 10.4 Å². The van der Waals surface area contributed by atoms with Gasteiger partial charge in [-0.1, -0.05) is 30.3 Å². The average Bonchev–Trinajstić information content (AvgIpc) is 3.33. The number of thiophene rings is 1. The third-order valence-corrected chi connectivity index (χ3v) is 5.20. The molecule has 2 aromatic heterocycles. The van der Waals surface area contributed by atoms with Crippen molar-refractivity contribution in [2.75, 3.05) is 6.54 Å². The van der Waals surface area contributed by atoms with Crippen LogP contribution in [0.3, 0.4) is 0 Å². The van der Waals surface area contributed by atoms with Crippen LogP contribution in [0.25, 0.3) is 11.3 Å². The van der Waals surface area contributed by atoms with Gasteiger partial charge in [0.05, 0.1) is 16.6 Å². The first-order chi connectivity index (χ1) is 13.5. The summed E-state index contributed by atoms with van der Waals surface area (Å²) in [4.78, 5) is 24.0. The van der Waals surface area contributed by atoms with E-state index in [-0.39, 0.29) is 6.54 Å². The maximum Gasteiger partial charge on any atom is 0.404 e. The number of nitrogens with zero attached hydrogens (tertiary/aromatic N) is 3. The summed E-state index contributed by atoms with van der Waals surface area (Å²) in [5.41, 5.74) is 2.56. The molecule has 0 spiro atoms. The smallest absolute Gasteiger partial charge is 0.404 e. The lowest BCUT2D eigenvalue weighted by molar-refractivity contribution is -0.0870. The van der Waals surface area contributed by atoms with Gasteiger partial charge in [0.2, 0.25) is 0 Å². The molecule has 0 radical (unpaired) electrons. The van der Waals surface area contributed by atoms with Gasteiger partial charge >= 0.3 is 6.09 Å². The number of carbonyl (C=O) groups excluding carboxylic acids is 1. The van der Waals surface area contributed by atoms with Crippen molar-refractivity contribution in [1.82, 2.24) is 20.2 Å². The fourth-order valence-corrected chi connectivity index (χ4v) is 3.69. The summed E-state index contributed by atoms with van der Waals surface area (Å²) >= 11 is 1.21. The molecule has 146 valence electrons. The van der Waals surface area contributed by atoms with Crippen LogP contribution in [0.15, 0.2) is 54.0 Å². The van der Waals surface area contributed by atoms with Gasteiger partial charge in [0.25, 0.3) is 5.91 Å². The van der Waals surface area contributed by atoms with Crippen molar-refractivity contribution in [1.29, 1.82) is 0 Å². The summed E-state index contributed by atoms with van der Waals surface area (Å²) < 4.78 is 1.70. The first-order valence-electron chi connectivity index (χ1n) is 8.55. The predicted molar refractivity (Wildman–Crippen MR) is 104 cm³/mol. The summed E-state index contributed by atoms with van der Waals surface area (Å²) in [5, 5.41) is 28.2. The molecule has 2 heterocycles. The SMILES string of the molecule is Cn1nccc1-c1csc(C(=O)N(O)C(CNC(=O)O)Cc2ccccc2)c1. The van der Waals surface area contributed by atoms with E-state index in [2.05, 4.69) is 10.4 Å². The molecule has 3 N–H and O–H groups in total. The fourth-order valence-electron chi connectivity index (χ4n) is 2.85. The zero-order valence-electron chi connectivity index (χ0n) is 15.1. The van der Waals surface area contributed by atoms with Gasteiger partial charge in [-0.2, -0.15) is 5.10 Å². The Bertz CT molecular complexity index is 954. The normalized spacial score (nSPS) is 11.8. The Kier molecular flexibility index (Phi) is 6.07. The highest BCUT2D eigenvalue weighted by molar-refractivity contribution is 7.12. The lowest BCUT2D eigenvalue weighted by Crippen LogP contribution is -2.46. The first kappa shape index (κ1) is 19.6. The van der Waals surface area contributed by atoms with E-state index in [1.54, 1.807) is 24.0 Å². The van der Waals surface area contributed by atoms with Crippen molar-refractivity contribution in [3.8, 4) is 11.3 Å². The molecule has 0 aliphatic rings. The molecule has 28 heavy (non-hydrogen) atoms. The Morgan fingerprint density at radius 1 is 1.29 bits per heavy atom. The van der Waals surface area contributed by atoms with Crippen LogP contribution >= 0.6 is 11.3 Å². The van der Waals surface area contributed by atoms with Crippen LogP contribution in [0.2, 0.25) is 0 Å². The van der Waals surface area contributed by atoms with Gasteiger partial charge in [-0.05, 0) is 24.1 Å². The summed E-state index contributed by atoms with van der Waals surface area (Å²) in [6, 6.07) is 12.1. The highest BCUT2D eigenvalue weighted by atomic mass is 32.1. The highest BCUT2D eigenvalue weighted by Crippen LogP contribution is 2.26. The Balaban J connectivity index is 1.78. The number of hydrogen-bond donors (Lipinski definition) is 3. The molecule has 8 nitrogen and oxygen atoms in total. The van der Waals surface area contributed by atoms with Crippen LogP contribution in [0.4, 0.5) is 4.79 Å². The van der Waals surface area contributed by atoms with Crippen LogP contribution in [-0.2, 0) is 13.5 Å². The molecule has 0 saturated carbocycles. The Morgan fingerprint density at radius 3 is 2.68 bits per heavy atom. The maximum absolute atomic E-state index is 12.8. The van der Waals surface area contributed by atoms with E-state index in [0.717, 1.165) is 16.8 Å². The molecule has 2 amide bonds. The van der Waals surface area contributed by atoms with E-state index >= 15 is 0 Å². The molecule has 0 bridgehead atoms. The first-order valence-corrected chi connectivity index (χ1v) is 9.43. The number of carbonyl (C=O) groups is 2. The molecule has 9 heteroatoms. The second kappa shape index (κ2) is 8.68. The third-order valence-electron chi connectivity index (χ3n) is 4.28.